The van der Waals surface area contributed by atoms with Crippen LogP contribution in [0.2, 0.25) is 0 Å². The van der Waals surface area contributed by atoms with Gasteiger partial charge in [0.15, 0.2) is 5.96 Å². The van der Waals surface area contributed by atoms with Crippen molar-refractivity contribution in [3.8, 4) is 0 Å². The summed E-state index contributed by atoms with van der Waals surface area (Å²) in [6, 6.07) is 8.37. The van der Waals surface area contributed by atoms with E-state index in [0.717, 1.165) is 25.3 Å². The van der Waals surface area contributed by atoms with Crippen LogP contribution < -0.4 is 10.0 Å². The number of guanidine groups is 1. The molecule has 8 heteroatoms. The fraction of sp³-hybridized carbons (Fsp3) is 0.533. The maximum absolute atomic E-state index is 11.0. The topological polar surface area (TPSA) is 73.8 Å². The molecule has 1 aromatic rings. The number of aliphatic imine (C=N–C) groups is 1. The number of halogens is 1. The summed E-state index contributed by atoms with van der Waals surface area (Å²) in [7, 11) is -1.20. The second-order valence-corrected chi connectivity index (χ2v) is 7.08. The summed E-state index contributed by atoms with van der Waals surface area (Å²) in [5.41, 5.74) is 2.44. The number of rotatable bonds is 7. The molecule has 0 aliphatic heterocycles. The van der Waals surface area contributed by atoms with Crippen molar-refractivity contribution in [1.82, 2.24) is 14.9 Å². The highest BCUT2D eigenvalue weighted by atomic mass is 127. The second kappa shape index (κ2) is 10.8. The van der Waals surface area contributed by atoms with Crippen molar-refractivity contribution in [2.75, 3.05) is 32.9 Å². The zero-order chi connectivity index (χ0) is 16.6. The Morgan fingerprint density at radius 1 is 1.26 bits per heavy atom. The van der Waals surface area contributed by atoms with Gasteiger partial charge >= 0.3 is 0 Å². The number of nitrogens with zero attached hydrogens (tertiary/aromatic N) is 2. The monoisotopic (exact) mass is 454 g/mol. The Labute approximate surface area is 156 Å². The van der Waals surface area contributed by atoms with Gasteiger partial charge in [0.05, 0.1) is 12.8 Å². The minimum atomic E-state index is -3.16. The third kappa shape index (κ3) is 9.77. The van der Waals surface area contributed by atoms with E-state index in [4.69, 9.17) is 0 Å². The smallest absolute Gasteiger partial charge is 0.208 e. The molecule has 0 saturated carbocycles. The summed E-state index contributed by atoms with van der Waals surface area (Å²) < 4.78 is 24.5. The van der Waals surface area contributed by atoms with Crippen LogP contribution in [0.4, 0.5) is 0 Å². The number of benzene rings is 1. The van der Waals surface area contributed by atoms with E-state index in [1.165, 1.54) is 11.1 Å². The Bertz CT molecular complexity index is 588. The van der Waals surface area contributed by atoms with Gasteiger partial charge in [0.25, 0.3) is 0 Å². The molecule has 0 unspecified atom stereocenters. The highest BCUT2D eigenvalue weighted by Gasteiger charge is 2.06. The van der Waals surface area contributed by atoms with Gasteiger partial charge in [-0.25, -0.2) is 13.1 Å². The maximum Gasteiger partial charge on any atom is 0.208 e. The van der Waals surface area contributed by atoms with Crippen molar-refractivity contribution >= 4 is 40.0 Å². The van der Waals surface area contributed by atoms with Gasteiger partial charge in [0.1, 0.15) is 0 Å². The number of aryl methyl sites for hydroxylation is 1. The molecule has 0 bridgehead atoms. The summed E-state index contributed by atoms with van der Waals surface area (Å²) >= 11 is 0. The van der Waals surface area contributed by atoms with Crippen LogP contribution in [0.5, 0.6) is 0 Å². The summed E-state index contributed by atoms with van der Waals surface area (Å²) in [5.74, 6) is 0.762. The van der Waals surface area contributed by atoms with Crippen molar-refractivity contribution in [3.63, 3.8) is 0 Å². The SMILES string of the molecule is CCNC(=NCCNS(C)(=O)=O)N(C)Cc1ccc(C)cc1.I. The van der Waals surface area contributed by atoms with Crippen molar-refractivity contribution in [2.45, 2.75) is 20.4 Å². The van der Waals surface area contributed by atoms with E-state index < -0.39 is 10.0 Å². The van der Waals surface area contributed by atoms with Gasteiger partial charge in [0, 0.05) is 26.7 Å². The Kier molecular flexibility index (Phi) is 10.4. The summed E-state index contributed by atoms with van der Waals surface area (Å²) in [5, 5.41) is 3.21. The molecule has 0 aliphatic rings. The summed E-state index contributed by atoms with van der Waals surface area (Å²) in [4.78, 5) is 6.46. The normalized spacial score (nSPS) is 11.7. The lowest BCUT2D eigenvalue weighted by Crippen LogP contribution is -2.39. The lowest BCUT2D eigenvalue weighted by molar-refractivity contribution is 0.477. The van der Waals surface area contributed by atoms with Crippen molar-refractivity contribution in [1.29, 1.82) is 0 Å². The summed E-state index contributed by atoms with van der Waals surface area (Å²) in [6.07, 6.45) is 1.14. The molecule has 0 atom stereocenters. The van der Waals surface area contributed by atoms with E-state index >= 15 is 0 Å². The molecular formula is C15H27IN4O2S. The molecule has 2 N–H and O–H groups in total. The molecule has 0 radical (unpaired) electrons. The van der Waals surface area contributed by atoms with E-state index in [1.807, 2.05) is 18.9 Å². The zero-order valence-corrected chi connectivity index (χ0v) is 17.3. The average molecular weight is 454 g/mol. The number of sulfonamides is 1. The first-order valence-electron chi connectivity index (χ1n) is 7.31. The fourth-order valence-corrected chi connectivity index (χ4v) is 2.37. The number of hydrogen-bond donors (Lipinski definition) is 2. The fourth-order valence-electron chi connectivity index (χ4n) is 1.90. The first-order valence-corrected chi connectivity index (χ1v) is 9.20. The molecule has 0 aromatic heterocycles. The van der Waals surface area contributed by atoms with Crippen molar-refractivity contribution in [3.05, 3.63) is 35.4 Å². The van der Waals surface area contributed by atoms with Crippen LogP contribution in [0.3, 0.4) is 0 Å². The molecule has 132 valence electrons. The van der Waals surface area contributed by atoms with Gasteiger partial charge in [-0.05, 0) is 19.4 Å². The van der Waals surface area contributed by atoms with E-state index in [1.54, 1.807) is 0 Å². The Morgan fingerprint density at radius 2 is 1.87 bits per heavy atom. The van der Waals surface area contributed by atoms with Gasteiger partial charge in [-0.1, -0.05) is 29.8 Å². The Morgan fingerprint density at radius 3 is 2.39 bits per heavy atom. The molecule has 1 rings (SSSR count). The van der Waals surface area contributed by atoms with E-state index in [-0.39, 0.29) is 24.0 Å². The average Bonchev–Trinajstić information content (AvgIpc) is 2.43. The molecule has 0 saturated heterocycles. The quantitative estimate of drug-likeness (QED) is 0.284. The molecule has 0 spiro atoms. The van der Waals surface area contributed by atoms with Crippen LogP contribution in [0, 0.1) is 6.92 Å². The molecule has 23 heavy (non-hydrogen) atoms. The largest absolute Gasteiger partial charge is 0.357 e. The van der Waals surface area contributed by atoms with Gasteiger partial charge in [-0.2, -0.15) is 0 Å². The minimum absolute atomic E-state index is 0. The van der Waals surface area contributed by atoms with Crippen molar-refractivity contribution in [2.24, 2.45) is 4.99 Å². The lowest BCUT2D eigenvalue weighted by atomic mass is 10.1. The minimum Gasteiger partial charge on any atom is -0.357 e. The number of nitrogens with one attached hydrogen (secondary N) is 2. The third-order valence-corrected chi connectivity index (χ3v) is 3.70. The van der Waals surface area contributed by atoms with Crippen molar-refractivity contribution < 1.29 is 8.42 Å². The highest BCUT2D eigenvalue weighted by Crippen LogP contribution is 2.06. The Hall–Kier alpha value is -0.870. The van der Waals surface area contributed by atoms with E-state index in [0.29, 0.717) is 13.1 Å². The van der Waals surface area contributed by atoms with Crippen LogP contribution in [0.25, 0.3) is 0 Å². The van der Waals surface area contributed by atoms with Gasteiger partial charge in [-0.3, -0.25) is 4.99 Å². The highest BCUT2D eigenvalue weighted by molar-refractivity contribution is 14.0. The predicted molar refractivity (Wildman–Crippen MR) is 107 cm³/mol. The first-order chi connectivity index (χ1) is 10.3. The van der Waals surface area contributed by atoms with Gasteiger partial charge in [-0.15, -0.1) is 24.0 Å². The molecule has 6 nitrogen and oxygen atoms in total. The Balaban J connectivity index is 0.00000484. The van der Waals surface area contributed by atoms with E-state index in [2.05, 4.69) is 46.2 Å². The summed E-state index contributed by atoms with van der Waals surface area (Å²) in [6.45, 7) is 6.26. The third-order valence-electron chi connectivity index (χ3n) is 2.97. The lowest BCUT2D eigenvalue weighted by Gasteiger charge is -2.22. The molecule has 1 aromatic carbocycles. The zero-order valence-electron chi connectivity index (χ0n) is 14.2. The molecule has 0 fully saturated rings. The predicted octanol–water partition coefficient (Wildman–Crippen LogP) is 1.56. The van der Waals surface area contributed by atoms with Gasteiger partial charge < -0.3 is 10.2 Å². The molecule has 0 aliphatic carbocycles. The van der Waals surface area contributed by atoms with Crippen LogP contribution in [0.1, 0.15) is 18.1 Å². The molecule has 0 heterocycles. The van der Waals surface area contributed by atoms with Crippen LogP contribution in [0.15, 0.2) is 29.3 Å². The first kappa shape index (κ1) is 22.1. The standard InChI is InChI=1S/C15H26N4O2S.HI/c1-5-16-15(17-10-11-18-22(4,20)21)19(3)12-14-8-6-13(2)7-9-14;/h6-9,18H,5,10-12H2,1-4H3,(H,16,17);1H. The van der Waals surface area contributed by atoms with Crippen LogP contribution in [-0.4, -0.2) is 52.2 Å². The molecule has 0 amide bonds. The molecular weight excluding hydrogens is 427 g/mol. The van der Waals surface area contributed by atoms with Gasteiger partial charge in [0.2, 0.25) is 10.0 Å². The van der Waals surface area contributed by atoms with E-state index in [9.17, 15) is 8.42 Å². The van der Waals surface area contributed by atoms with Crippen LogP contribution in [-0.2, 0) is 16.6 Å². The number of hydrogen-bond acceptors (Lipinski definition) is 3. The maximum atomic E-state index is 11.0. The van der Waals surface area contributed by atoms with Crippen LogP contribution >= 0.6 is 24.0 Å². The second-order valence-electron chi connectivity index (χ2n) is 5.24.